The van der Waals surface area contributed by atoms with E-state index in [1.807, 2.05) is 37.8 Å². The average Bonchev–Trinajstić information content (AvgIpc) is 2.64. The molecular formula is C20H30N2O5. The zero-order valence-electron chi connectivity index (χ0n) is 17.1. The van der Waals surface area contributed by atoms with E-state index in [4.69, 9.17) is 14.2 Å². The summed E-state index contributed by atoms with van der Waals surface area (Å²) in [6.07, 6.45) is 0.556. The van der Waals surface area contributed by atoms with E-state index in [1.54, 1.807) is 6.07 Å². The molecule has 1 fully saturated rings. The number of hydrogen-bond donors (Lipinski definition) is 0. The number of benzene rings is 1. The molecule has 1 aromatic carbocycles. The minimum absolute atomic E-state index is 0.0554. The third-order valence-corrected chi connectivity index (χ3v) is 4.54. The van der Waals surface area contributed by atoms with Crippen molar-refractivity contribution in [2.24, 2.45) is 0 Å². The molecule has 0 unspecified atom stereocenters. The van der Waals surface area contributed by atoms with Gasteiger partial charge in [0.2, 0.25) is 0 Å². The zero-order valence-corrected chi connectivity index (χ0v) is 17.1. The molecule has 0 aliphatic carbocycles. The van der Waals surface area contributed by atoms with Gasteiger partial charge in [-0.25, -0.2) is 9.59 Å². The van der Waals surface area contributed by atoms with Crippen LogP contribution < -0.4 is 9.64 Å². The summed E-state index contributed by atoms with van der Waals surface area (Å²) in [7, 11) is 2.87. The van der Waals surface area contributed by atoms with Gasteiger partial charge in [0.15, 0.2) is 0 Å². The summed E-state index contributed by atoms with van der Waals surface area (Å²) in [5, 5.41) is 0. The Morgan fingerprint density at radius 3 is 2.44 bits per heavy atom. The van der Waals surface area contributed by atoms with Gasteiger partial charge >= 0.3 is 12.1 Å². The molecule has 0 bridgehead atoms. The van der Waals surface area contributed by atoms with Crippen molar-refractivity contribution in [2.45, 2.75) is 45.8 Å². The molecule has 0 aromatic heterocycles. The lowest BCUT2D eigenvalue weighted by Crippen LogP contribution is -2.56. The number of ether oxygens (including phenoxy) is 3. The van der Waals surface area contributed by atoms with Gasteiger partial charge < -0.3 is 24.0 Å². The van der Waals surface area contributed by atoms with E-state index in [2.05, 4.69) is 11.8 Å². The fourth-order valence-electron chi connectivity index (χ4n) is 3.16. The van der Waals surface area contributed by atoms with E-state index >= 15 is 0 Å². The summed E-state index contributed by atoms with van der Waals surface area (Å²) in [6, 6.07) is 5.48. The molecule has 7 heteroatoms. The highest BCUT2D eigenvalue weighted by Gasteiger charge is 2.32. The number of carbonyl (C=O) groups is 2. The number of anilines is 1. The molecule has 1 aliphatic rings. The minimum Gasteiger partial charge on any atom is -0.496 e. The molecule has 1 amide bonds. The van der Waals surface area contributed by atoms with E-state index in [-0.39, 0.29) is 12.1 Å². The van der Waals surface area contributed by atoms with Crippen LogP contribution in [0.1, 0.15) is 44.5 Å². The Hall–Kier alpha value is -2.44. The van der Waals surface area contributed by atoms with E-state index in [9.17, 15) is 9.59 Å². The maximum atomic E-state index is 12.5. The van der Waals surface area contributed by atoms with Gasteiger partial charge in [-0.05, 0) is 39.3 Å². The summed E-state index contributed by atoms with van der Waals surface area (Å²) in [5.74, 6) is 0.0431. The van der Waals surface area contributed by atoms with Gasteiger partial charge in [0, 0.05) is 31.4 Å². The summed E-state index contributed by atoms with van der Waals surface area (Å²) < 4.78 is 15.7. The van der Waals surface area contributed by atoms with Crippen LogP contribution in [0.15, 0.2) is 18.2 Å². The smallest absolute Gasteiger partial charge is 0.410 e. The number of amides is 1. The standard InChI is InChI=1S/C20H30N2O5/c1-7-14-13-21(10-11-22(14)19(24)27-20(2,3)4)15-8-9-16(18(23)26-6)17(12-15)25-5/h8-9,12,14H,7,10-11,13H2,1-6H3/t14-/m1/s1. The SMILES string of the molecule is CC[C@@H]1CN(c2ccc(C(=O)OC)c(OC)c2)CCN1C(=O)OC(C)(C)C. The maximum absolute atomic E-state index is 12.5. The van der Waals surface area contributed by atoms with Gasteiger partial charge in [0.25, 0.3) is 0 Å². The molecule has 27 heavy (non-hydrogen) atoms. The summed E-state index contributed by atoms with van der Waals surface area (Å²) in [4.78, 5) is 28.3. The molecule has 1 saturated heterocycles. The molecule has 2 rings (SSSR count). The predicted molar refractivity (Wildman–Crippen MR) is 104 cm³/mol. The first-order valence-corrected chi connectivity index (χ1v) is 9.21. The van der Waals surface area contributed by atoms with Crippen molar-refractivity contribution in [3.63, 3.8) is 0 Å². The lowest BCUT2D eigenvalue weighted by molar-refractivity contribution is 0.0136. The molecule has 1 aliphatic heterocycles. The van der Waals surface area contributed by atoms with Crippen molar-refractivity contribution in [1.29, 1.82) is 0 Å². The quantitative estimate of drug-likeness (QED) is 0.749. The number of piperazine rings is 1. The normalized spacial score (nSPS) is 17.5. The zero-order chi connectivity index (χ0) is 20.2. The van der Waals surface area contributed by atoms with Crippen molar-refractivity contribution in [2.75, 3.05) is 38.8 Å². The highest BCUT2D eigenvalue weighted by molar-refractivity contribution is 5.93. The van der Waals surface area contributed by atoms with E-state index in [0.717, 1.165) is 12.1 Å². The van der Waals surface area contributed by atoms with E-state index < -0.39 is 11.6 Å². The van der Waals surface area contributed by atoms with Gasteiger partial charge in [-0.15, -0.1) is 0 Å². The maximum Gasteiger partial charge on any atom is 0.410 e. The first-order chi connectivity index (χ1) is 12.7. The lowest BCUT2D eigenvalue weighted by Gasteiger charge is -2.42. The van der Waals surface area contributed by atoms with E-state index in [0.29, 0.717) is 30.9 Å². The molecule has 0 N–H and O–H groups in total. The highest BCUT2D eigenvalue weighted by Crippen LogP contribution is 2.29. The van der Waals surface area contributed by atoms with Gasteiger partial charge in [-0.3, -0.25) is 0 Å². The number of carbonyl (C=O) groups excluding carboxylic acids is 2. The molecule has 1 aromatic rings. The van der Waals surface area contributed by atoms with E-state index in [1.165, 1.54) is 14.2 Å². The highest BCUT2D eigenvalue weighted by atomic mass is 16.6. The predicted octanol–water partition coefficient (Wildman–Crippen LogP) is 3.32. The molecule has 7 nitrogen and oxygen atoms in total. The Labute approximate surface area is 161 Å². The first kappa shape index (κ1) is 20.9. The largest absolute Gasteiger partial charge is 0.496 e. The van der Waals surface area contributed by atoms with Crippen LogP contribution >= 0.6 is 0 Å². The van der Waals surface area contributed by atoms with Crippen LogP contribution in [0.4, 0.5) is 10.5 Å². The van der Waals surface area contributed by atoms with Crippen molar-refractivity contribution >= 4 is 17.7 Å². The van der Waals surface area contributed by atoms with Crippen molar-refractivity contribution in [3.8, 4) is 5.75 Å². The molecule has 0 radical (unpaired) electrons. The van der Waals surface area contributed by atoms with Crippen LogP contribution in [0, 0.1) is 0 Å². The van der Waals surface area contributed by atoms with Gasteiger partial charge in [-0.1, -0.05) is 6.92 Å². The Balaban J connectivity index is 2.16. The number of esters is 1. The first-order valence-electron chi connectivity index (χ1n) is 9.21. The average molecular weight is 378 g/mol. The van der Waals surface area contributed by atoms with Crippen molar-refractivity contribution in [1.82, 2.24) is 4.90 Å². The number of hydrogen-bond acceptors (Lipinski definition) is 6. The summed E-state index contributed by atoms with van der Waals surface area (Å²) in [6.45, 7) is 9.62. The van der Waals surface area contributed by atoms with Gasteiger partial charge in [0.1, 0.15) is 16.9 Å². The van der Waals surface area contributed by atoms with Crippen LogP contribution in [0.3, 0.4) is 0 Å². The minimum atomic E-state index is -0.510. The molecule has 150 valence electrons. The second kappa shape index (κ2) is 8.50. The second-order valence-electron chi connectivity index (χ2n) is 7.56. The summed E-state index contributed by atoms with van der Waals surface area (Å²) in [5.41, 5.74) is 0.828. The van der Waals surface area contributed by atoms with Crippen molar-refractivity contribution in [3.05, 3.63) is 23.8 Å². The van der Waals surface area contributed by atoms with Gasteiger partial charge in [-0.2, -0.15) is 0 Å². The number of methoxy groups -OCH3 is 2. The van der Waals surface area contributed by atoms with Crippen LogP contribution in [0.25, 0.3) is 0 Å². The number of nitrogens with zero attached hydrogens (tertiary/aromatic N) is 2. The fourth-order valence-corrected chi connectivity index (χ4v) is 3.16. The fraction of sp³-hybridized carbons (Fsp3) is 0.600. The molecule has 1 heterocycles. The van der Waals surface area contributed by atoms with Crippen LogP contribution in [-0.4, -0.2) is 62.5 Å². The van der Waals surface area contributed by atoms with Crippen LogP contribution in [0.5, 0.6) is 5.75 Å². The third kappa shape index (κ3) is 5.05. The number of rotatable bonds is 4. The topological polar surface area (TPSA) is 68.3 Å². The summed E-state index contributed by atoms with van der Waals surface area (Å²) >= 11 is 0. The van der Waals surface area contributed by atoms with Crippen molar-refractivity contribution < 1.29 is 23.8 Å². The second-order valence-corrected chi connectivity index (χ2v) is 7.56. The van der Waals surface area contributed by atoms with Crippen LogP contribution in [-0.2, 0) is 9.47 Å². The molecule has 1 atom stereocenters. The Morgan fingerprint density at radius 2 is 1.89 bits per heavy atom. The molecule has 0 spiro atoms. The molecular weight excluding hydrogens is 348 g/mol. The third-order valence-electron chi connectivity index (χ3n) is 4.54. The Morgan fingerprint density at radius 1 is 1.19 bits per heavy atom. The molecule has 0 saturated carbocycles. The Kier molecular flexibility index (Phi) is 6.57. The lowest BCUT2D eigenvalue weighted by atomic mass is 10.1. The van der Waals surface area contributed by atoms with Gasteiger partial charge in [0.05, 0.1) is 20.3 Å². The monoisotopic (exact) mass is 378 g/mol. The van der Waals surface area contributed by atoms with Crippen LogP contribution in [0.2, 0.25) is 0 Å². The Bertz CT molecular complexity index is 683.